The molecule has 0 radical (unpaired) electrons. The summed E-state index contributed by atoms with van der Waals surface area (Å²) >= 11 is 0. The summed E-state index contributed by atoms with van der Waals surface area (Å²) < 4.78 is 13.0. The molecular formula is C11H13FN2O. The maximum absolute atomic E-state index is 13.0. The maximum atomic E-state index is 13.0. The molecule has 0 saturated carbocycles. The molecule has 1 aromatic carbocycles. The highest BCUT2D eigenvalue weighted by Crippen LogP contribution is 2.29. The van der Waals surface area contributed by atoms with E-state index in [9.17, 15) is 9.18 Å². The molecule has 1 aliphatic heterocycles. The van der Waals surface area contributed by atoms with Crippen LogP contribution in [0, 0.1) is 5.82 Å². The van der Waals surface area contributed by atoms with Crippen molar-refractivity contribution in [3.8, 4) is 0 Å². The van der Waals surface area contributed by atoms with E-state index in [-0.39, 0.29) is 11.7 Å². The quantitative estimate of drug-likeness (QED) is 0.765. The van der Waals surface area contributed by atoms with Crippen molar-refractivity contribution >= 4 is 17.3 Å². The fourth-order valence-corrected chi connectivity index (χ4v) is 1.78. The molecule has 0 bridgehead atoms. The molecule has 1 aromatic rings. The van der Waals surface area contributed by atoms with E-state index in [0.29, 0.717) is 18.7 Å². The number of fused-ring (bicyclic) bond motifs is 1. The van der Waals surface area contributed by atoms with Crippen LogP contribution < -0.4 is 10.2 Å². The van der Waals surface area contributed by atoms with Gasteiger partial charge in [0, 0.05) is 19.5 Å². The molecule has 0 aliphatic carbocycles. The van der Waals surface area contributed by atoms with Gasteiger partial charge < -0.3 is 10.2 Å². The van der Waals surface area contributed by atoms with Gasteiger partial charge in [-0.25, -0.2) is 4.39 Å². The summed E-state index contributed by atoms with van der Waals surface area (Å²) in [6.07, 6.45) is 0.449. The van der Waals surface area contributed by atoms with Crippen LogP contribution in [0.1, 0.15) is 13.3 Å². The number of carbonyl (C=O) groups is 1. The summed E-state index contributed by atoms with van der Waals surface area (Å²) in [5.41, 5.74) is 1.46. The van der Waals surface area contributed by atoms with Crippen LogP contribution in [-0.4, -0.2) is 19.0 Å². The Hall–Kier alpha value is -1.58. The first-order valence-electron chi connectivity index (χ1n) is 5.05. The number of nitrogens with one attached hydrogen (secondary N) is 1. The third-order valence-corrected chi connectivity index (χ3v) is 2.56. The normalized spacial score (nSPS) is 15.6. The molecular weight excluding hydrogens is 195 g/mol. The van der Waals surface area contributed by atoms with Crippen LogP contribution in [0.25, 0.3) is 0 Å². The molecule has 4 heteroatoms. The lowest BCUT2D eigenvalue weighted by Gasteiger charge is -2.21. The van der Waals surface area contributed by atoms with Crippen molar-refractivity contribution in [1.82, 2.24) is 0 Å². The minimum absolute atomic E-state index is 0.0576. The van der Waals surface area contributed by atoms with E-state index in [0.717, 1.165) is 12.2 Å². The molecule has 0 spiro atoms. The Morgan fingerprint density at radius 3 is 3.07 bits per heavy atom. The molecule has 1 heterocycles. The molecule has 80 valence electrons. The minimum Gasteiger partial charge on any atom is -0.370 e. The Labute approximate surface area is 87.9 Å². The van der Waals surface area contributed by atoms with Gasteiger partial charge in [0.15, 0.2) is 0 Å². The first-order valence-corrected chi connectivity index (χ1v) is 5.05. The molecule has 0 aromatic heterocycles. The van der Waals surface area contributed by atoms with Crippen LogP contribution in [0.5, 0.6) is 0 Å². The molecule has 1 N–H and O–H groups in total. The largest absolute Gasteiger partial charge is 0.370 e. The van der Waals surface area contributed by atoms with Gasteiger partial charge in [-0.2, -0.15) is 0 Å². The SMILES string of the molecule is CCN1CCC(=O)Nc2cc(F)ccc21. The highest BCUT2D eigenvalue weighted by Gasteiger charge is 2.17. The van der Waals surface area contributed by atoms with Crippen molar-refractivity contribution in [2.24, 2.45) is 0 Å². The zero-order chi connectivity index (χ0) is 10.8. The summed E-state index contributed by atoms with van der Waals surface area (Å²) in [5, 5.41) is 2.71. The van der Waals surface area contributed by atoms with Crippen molar-refractivity contribution in [2.45, 2.75) is 13.3 Å². The second-order valence-electron chi connectivity index (χ2n) is 3.54. The second kappa shape index (κ2) is 3.88. The minimum atomic E-state index is -0.327. The van der Waals surface area contributed by atoms with Gasteiger partial charge in [-0.3, -0.25) is 4.79 Å². The summed E-state index contributed by atoms with van der Waals surface area (Å²) in [7, 11) is 0. The van der Waals surface area contributed by atoms with E-state index in [1.807, 2.05) is 6.92 Å². The Morgan fingerprint density at radius 1 is 1.53 bits per heavy atom. The molecule has 0 fully saturated rings. The van der Waals surface area contributed by atoms with E-state index in [4.69, 9.17) is 0 Å². The molecule has 0 saturated heterocycles. The van der Waals surface area contributed by atoms with Gasteiger partial charge in [0.05, 0.1) is 11.4 Å². The third kappa shape index (κ3) is 1.93. The van der Waals surface area contributed by atoms with E-state index in [1.165, 1.54) is 12.1 Å². The monoisotopic (exact) mass is 208 g/mol. The average Bonchev–Trinajstić information content (AvgIpc) is 2.35. The number of rotatable bonds is 1. The van der Waals surface area contributed by atoms with Crippen LogP contribution in [0.3, 0.4) is 0 Å². The summed E-state index contributed by atoms with van der Waals surface area (Å²) in [6, 6.07) is 4.49. The van der Waals surface area contributed by atoms with Gasteiger partial charge in [0.25, 0.3) is 0 Å². The number of amides is 1. The van der Waals surface area contributed by atoms with Gasteiger partial charge in [-0.1, -0.05) is 0 Å². The molecule has 1 aliphatic rings. The first kappa shape index (κ1) is 9.96. The highest BCUT2D eigenvalue weighted by atomic mass is 19.1. The van der Waals surface area contributed by atoms with Crippen molar-refractivity contribution in [1.29, 1.82) is 0 Å². The smallest absolute Gasteiger partial charge is 0.226 e. The summed E-state index contributed by atoms with van der Waals surface area (Å²) in [5.74, 6) is -0.384. The fraction of sp³-hybridized carbons (Fsp3) is 0.364. The summed E-state index contributed by atoms with van der Waals surface area (Å²) in [4.78, 5) is 13.4. The number of anilines is 2. The van der Waals surface area contributed by atoms with Crippen LogP contribution >= 0.6 is 0 Å². The topological polar surface area (TPSA) is 32.3 Å². The van der Waals surface area contributed by atoms with Crippen molar-refractivity contribution in [3.05, 3.63) is 24.0 Å². The lowest BCUT2D eigenvalue weighted by molar-refractivity contribution is -0.115. The van der Waals surface area contributed by atoms with Gasteiger partial charge in [0.2, 0.25) is 5.91 Å². The third-order valence-electron chi connectivity index (χ3n) is 2.56. The fourth-order valence-electron chi connectivity index (χ4n) is 1.78. The Bertz CT molecular complexity index is 392. The van der Waals surface area contributed by atoms with E-state index in [1.54, 1.807) is 6.07 Å². The number of benzene rings is 1. The lowest BCUT2D eigenvalue weighted by Crippen LogP contribution is -2.23. The predicted molar refractivity (Wildman–Crippen MR) is 57.5 cm³/mol. The van der Waals surface area contributed by atoms with Gasteiger partial charge in [-0.05, 0) is 25.1 Å². The van der Waals surface area contributed by atoms with Gasteiger partial charge in [0.1, 0.15) is 5.82 Å². The number of halogens is 1. The first-order chi connectivity index (χ1) is 7.20. The zero-order valence-electron chi connectivity index (χ0n) is 8.59. The van der Waals surface area contributed by atoms with Crippen LogP contribution in [0.2, 0.25) is 0 Å². The molecule has 15 heavy (non-hydrogen) atoms. The lowest BCUT2D eigenvalue weighted by atomic mass is 10.2. The standard InChI is InChI=1S/C11H13FN2O/c1-2-14-6-5-11(15)13-9-7-8(12)3-4-10(9)14/h3-4,7H,2,5-6H2,1H3,(H,13,15). The van der Waals surface area contributed by atoms with Crippen molar-refractivity contribution in [2.75, 3.05) is 23.3 Å². The number of nitrogens with zero attached hydrogens (tertiary/aromatic N) is 1. The van der Waals surface area contributed by atoms with Crippen LogP contribution in [-0.2, 0) is 4.79 Å². The molecule has 0 atom stereocenters. The molecule has 1 amide bonds. The molecule has 2 rings (SSSR count). The second-order valence-corrected chi connectivity index (χ2v) is 3.54. The van der Waals surface area contributed by atoms with E-state index in [2.05, 4.69) is 10.2 Å². The van der Waals surface area contributed by atoms with Crippen LogP contribution in [0.15, 0.2) is 18.2 Å². The maximum Gasteiger partial charge on any atom is 0.226 e. The van der Waals surface area contributed by atoms with Gasteiger partial charge in [-0.15, -0.1) is 0 Å². The van der Waals surface area contributed by atoms with Crippen molar-refractivity contribution in [3.63, 3.8) is 0 Å². The highest BCUT2D eigenvalue weighted by molar-refractivity contribution is 5.96. The average molecular weight is 208 g/mol. The molecule has 0 unspecified atom stereocenters. The zero-order valence-corrected chi connectivity index (χ0v) is 8.59. The van der Waals surface area contributed by atoms with Gasteiger partial charge >= 0.3 is 0 Å². The summed E-state index contributed by atoms with van der Waals surface area (Å²) in [6.45, 7) is 3.51. The van der Waals surface area contributed by atoms with E-state index >= 15 is 0 Å². The van der Waals surface area contributed by atoms with Crippen molar-refractivity contribution < 1.29 is 9.18 Å². The molecule has 3 nitrogen and oxygen atoms in total. The number of carbonyl (C=O) groups excluding carboxylic acids is 1. The van der Waals surface area contributed by atoms with Crippen LogP contribution in [0.4, 0.5) is 15.8 Å². The Balaban J connectivity index is 2.44. The predicted octanol–water partition coefficient (Wildman–Crippen LogP) is 1.99. The Morgan fingerprint density at radius 2 is 2.33 bits per heavy atom. The number of hydrogen-bond acceptors (Lipinski definition) is 2. The van der Waals surface area contributed by atoms with E-state index < -0.39 is 0 Å². The number of hydrogen-bond donors (Lipinski definition) is 1. The Kier molecular flexibility index (Phi) is 2.58.